The summed E-state index contributed by atoms with van der Waals surface area (Å²) in [6.07, 6.45) is 1.70. The topological polar surface area (TPSA) is 74.8 Å². The Morgan fingerprint density at radius 3 is 2.69 bits per heavy atom. The van der Waals surface area contributed by atoms with Gasteiger partial charge in [0.05, 0.1) is 10.9 Å². The van der Waals surface area contributed by atoms with Crippen molar-refractivity contribution >= 4 is 46.7 Å². The average Bonchev–Trinajstić information content (AvgIpc) is 2.61. The Balaban J connectivity index is 2.05. The SMILES string of the molecule is CCCSCc1cc(=O)[nH]c(SC(CC)C(=O)Nc2ccc(Cl)cc2)n1. The van der Waals surface area contributed by atoms with Crippen LogP contribution in [0.5, 0.6) is 0 Å². The predicted octanol–water partition coefficient (Wildman–Crippen LogP) is 4.58. The summed E-state index contributed by atoms with van der Waals surface area (Å²) in [6.45, 7) is 4.04. The van der Waals surface area contributed by atoms with Crippen LogP contribution in [0.2, 0.25) is 5.02 Å². The molecule has 1 aromatic heterocycles. The maximum absolute atomic E-state index is 12.5. The maximum atomic E-state index is 12.5. The van der Waals surface area contributed by atoms with Gasteiger partial charge in [0.25, 0.3) is 5.56 Å². The Labute approximate surface area is 166 Å². The Bertz CT molecular complexity index is 781. The van der Waals surface area contributed by atoms with Gasteiger partial charge in [-0.05, 0) is 42.9 Å². The van der Waals surface area contributed by atoms with Crippen LogP contribution in [-0.2, 0) is 10.5 Å². The van der Waals surface area contributed by atoms with Gasteiger partial charge in [0.15, 0.2) is 5.16 Å². The number of aromatic amines is 1. The number of carbonyl (C=O) groups excluding carboxylic acids is 1. The van der Waals surface area contributed by atoms with Gasteiger partial charge < -0.3 is 10.3 Å². The Hall–Kier alpha value is -1.44. The van der Waals surface area contributed by atoms with Crippen LogP contribution in [0.4, 0.5) is 5.69 Å². The number of amides is 1. The number of nitrogens with one attached hydrogen (secondary N) is 2. The number of thioether (sulfide) groups is 2. The summed E-state index contributed by atoms with van der Waals surface area (Å²) in [4.78, 5) is 31.6. The highest BCUT2D eigenvalue weighted by Crippen LogP contribution is 2.24. The second kappa shape index (κ2) is 10.6. The monoisotopic (exact) mass is 411 g/mol. The number of hydrogen-bond acceptors (Lipinski definition) is 5. The quantitative estimate of drug-likeness (QED) is 0.359. The highest BCUT2D eigenvalue weighted by atomic mass is 35.5. The molecule has 1 atom stereocenters. The molecule has 5 nitrogen and oxygen atoms in total. The first-order valence-corrected chi connectivity index (χ1v) is 10.8. The second-order valence-electron chi connectivity index (χ2n) is 5.61. The summed E-state index contributed by atoms with van der Waals surface area (Å²) in [6, 6.07) is 8.47. The Morgan fingerprint density at radius 1 is 1.31 bits per heavy atom. The van der Waals surface area contributed by atoms with E-state index in [1.54, 1.807) is 36.0 Å². The third-order valence-electron chi connectivity index (χ3n) is 3.40. The van der Waals surface area contributed by atoms with E-state index in [1.165, 1.54) is 17.8 Å². The molecule has 8 heteroatoms. The smallest absolute Gasteiger partial charge is 0.251 e. The minimum Gasteiger partial charge on any atom is -0.325 e. The van der Waals surface area contributed by atoms with Crippen molar-refractivity contribution in [3.8, 4) is 0 Å². The number of nitrogens with zero attached hydrogens (tertiary/aromatic N) is 1. The van der Waals surface area contributed by atoms with E-state index in [2.05, 4.69) is 22.2 Å². The van der Waals surface area contributed by atoms with E-state index in [-0.39, 0.29) is 16.7 Å². The number of halogens is 1. The molecule has 1 aromatic carbocycles. The molecule has 2 N–H and O–H groups in total. The molecule has 0 bridgehead atoms. The number of aromatic nitrogens is 2. The van der Waals surface area contributed by atoms with Crippen molar-refractivity contribution < 1.29 is 4.79 Å². The number of hydrogen-bond donors (Lipinski definition) is 2. The van der Waals surface area contributed by atoms with E-state index in [1.807, 2.05) is 6.92 Å². The number of benzene rings is 1. The summed E-state index contributed by atoms with van der Waals surface area (Å²) in [5.41, 5.74) is 1.23. The van der Waals surface area contributed by atoms with Crippen molar-refractivity contribution in [1.82, 2.24) is 9.97 Å². The maximum Gasteiger partial charge on any atom is 0.251 e. The highest BCUT2D eigenvalue weighted by Gasteiger charge is 2.19. The molecule has 0 spiro atoms. The van der Waals surface area contributed by atoms with Gasteiger partial charge in [-0.1, -0.05) is 37.2 Å². The number of carbonyl (C=O) groups is 1. The fourth-order valence-electron chi connectivity index (χ4n) is 2.15. The molecular weight excluding hydrogens is 390 g/mol. The molecule has 0 aliphatic heterocycles. The van der Waals surface area contributed by atoms with Crippen molar-refractivity contribution in [3.63, 3.8) is 0 Å². The van der Waals surface area contributed by atoms with Gasteiger partial charge in [-0.3, -0.25) is 9.59 Å². The van der Waals surface area contributed by atoms with Crippen molar-refractivity contribution in [2.75, 3.05) is 11.1 Å². The van der Waals surface area contributed by atoms with Crippen LogP contribution in [0.15, 0.2) is 40.3 Å². The molecular formula is C18H22ClN3O2S2. The zero-order chi connectivity index (χ0) is 18.9. The molecule has 0 fully saturated rings. The first-order chi connectivity index (χ1) is 12.5. The first kappa shape index (κ1) is 20.9. The van der Waals surface area contributed by atoms with Crippen LogP contribution in [-0.4, -0.2) is 26.9 Å². The summed E-state index contributed by atoms with van der Waals surface area (Å²) < 4.78 is 0. The fraction of sp³-hybridized carbons (Fsp3) is 0.389. The van der Waals surface area contributed by atoms with Crippen molar-refractivity contribution in [2.24, 2.45) is 0 Å². The van der Waals surface area contributed by atoms with E-state index in [4.69, 9.17) is 11.6 Å². The Kier molecular flexibility index (Phi) is 8.54. The van der Waals surface area contributed by atoms with Crippen LogP contribution in [0.3, 0.4) is 0 Å². The lowest BCUT2D eigenvalue weighted by atomic mass is 10.3. The molecule has 26 heavy (non-hydrogen) atoms. The van der Waals surface area contributed by atoms with Gasteiger partial charge >= 0.3 is 0 Å². The number of anilines is 1. The van der Waals surface area contributed by atoms with Gasteiger partial charge in [-0.2, -0.15) is 11.8 Å². The summed E-state index contributed by atoms with van der Waals surface area (Å²) in [7, 11) is 0. The van der Waals surface area contributed by atoms with Crippen molar-refractivity contribution in [1.29, 1.82) is 0 Å². The lowest BCUT2D eigenvalue weighted by Crippen LogP contribution is -2.25. The Morgan fingerprint density at radius 2 is 2.04 bits per heavy atom. The zero-order valence-electron chi connectivity index (χ0n) is 14.8. The van der Waals surface area contributed by atoms with Gasteiger partial charge in [-0.25, -0.2) is 4.98 Å². The van der Waals surface area contributed by atoms with Crippen LogP contribution in [0, 0.1) is 0 Å². The summed E-state index contributed by atoms with van der Waals surface area (Å²) in [5.74, 6) is 1.59. The number of H-pyrrole nitrogens is 1. The third-order valence-corrected chi connectivity index (χ3v) is 6.10. The molecule has 0 aliphatic carbocycles. The molecule has 1 heterocycles. The average molecular weight is 412 g/mol. The zero-order valence-corrected chi connectivity index (χ0v) is 17.1. The molecule has 2 rings (SSSR count). The second-order valence-corrected chi connectivity index (χ2v) is 8.34. The van der Waals surface area contributed by atoms with Gasteiger partial charge in [0.1, 0.15) is 0 Å². The summed E-state index contributed by atoms with van der Waals surface area (Å²) in [5, 5.41) is 3.60. The molecule has 2 aromatic rings. The van der Waals surface area contributed by atoms with E-state index in [0.717, 1.165) is 17.9 Å². The normalized spacial score (nSPS) is 12.0. The first-order valence-electron chi connectivity index (χ1n) is 8.43. The molecule has 0 radical (unpaired) electrons. The number of rotatable bonds is 9. The van der Waals surface area contributed by atoms with Crippen molar-refractivity contribution in [3.05, 3.63) is 51.4 Å². The molecule has 0 saturated heterocycles. The molecule has 140 valence electrons. The minimum atomic E-state index is -0.354. The largest absolute Gasteiger partial charge is 0.325 e. The van der Waals surface area contributed by atoms with Gasteiger partial charge in [0, 0.05) is 22.5 Å². The van der Waals surface area contributed by atoms with E-state index in [9.17, 15) is 9.59 Å². The van der Waals surface area contributed by atoms with Crippen LogP contribution < -0.4 is 10.9 Å². The highest BCUT2D eigenvalue weighted by molar-refractivity contribution is 8.00. The third kappa shape index (κ3) is 6.70. The van der Waals surface area contributed by atoms with Crippen LogP contribution >= 0.6 is 35.1 Å². The standard InChI is InChI=1S/C18H22ClN3O2S2/c1-3-9-25-11-14-10-16(23)22-18(21-14)26-15(4-2)17(24)20-13-7-5-12(19)6-8-13/h5-8,10,15H,3-4,9,11H2,1-2H3,(H,20,24)(H,21,22,23). The van der Waals surface area contributed by atoms with Crippen LogP contribution in [0.1, 0.15) is 32.4 Å². The fourth-order valence-corrected chi connectivity index (χ4v) is 3.99. The summed E-state index contributed by atoms with van der Waals surface area (Å²) >= 11 is 8.88. The predicted molar refractivity (Wildman–Crippen MR) is 111 cm³/mol. The van der Waals surface area contributed by atoms with E-state index >= 15 is 0 Å². The molecule has 0 saturated carbocycles. The molecule has 1 unspecified atom stereocenters. The van der Waals surface area contributed by atoms with Crippen molar-refractivity contribution in [2.45, 2.75) is 42.8 Å². The van der Waals surface area contributed by atoms with Gasteiger partial charge in [0.2, 0.25) is 5.91 Å². The van der Waals surface area contributed by atoms with E-state index in [0.29, 0.717) is 28.0 Å². The van der Waals surface area contributed by atoms with E-state index < -0.39 is 0 Å². The minimum absolute atomic E-state index is 0.131. The molecule has 1 amide bonds. The van der Waals surface area contributed by atoms with Gasteiger partial charge in [-0.15, -0.1) is 0 Å². The van der Waals surface area contributed by atoms with Crippen LogP contribution in [0.25, 0.3) is 0 Å². The lowest BCUT2D eigenvalue weighted by Gasteiger charge is -2.14. The molecule has 0 aliphatic rings. The lowest BCUT2D eigenvalue weighted by molar-refractivity contribution is -0.115.